The minimum absolute atomic E-state index is 0.446. The number of ether oxygens (including phenoxy) is 6. The van der Waals surface area contributed by atoms with Gasteiger partial charge in [0.25, 0.3) is 0 Å². The van der Waals surface area contributed by atoms with E-state index in [1.165, 1.54) is 35.1 Å². The summed E-state index contributed by atoms with van der Waals surface area (Å²) in [6, 6.07) is 88.3. The van der Waals surface area contributed by atoms with Gasteiger partial charge >= 0.3 is 0 Å². The molecule has 6 N–H and O–H groups in total. The predicted molar refractivity (Wildman–Crippen MR) is 592 cm³/mol. The highest BCUT2D eigenvalue weighted by Crippen LogP contribution is 2.36. The molecule has 0 radical (unpaired) electrons. The second kappa shape index (κ2) is 53.7. The van der Waals surface area contributed by atoms with Crippen LogP contribution in [0.4, 0.5) is 58.2 Å². The Balaban J connectivity index is 0.000000126. The van der Waals surface area contributed by atoms with Gasteiger partial charge in [0.1, 0.15) is 41.1 Å². The van der Waals surface area contributed by atoms with Crippen molar-refractivity contribution in [1.82, 2.24) is 74.8 Å². The third-order valence-electron chi connectivity index (χ3n) is 24.4. The lowest BCUT2D eigenvalue weighted by Gasteiger charge is -2.21. The Labute approximate surface area is 867 Å². The second-order valence-electron chi connectivity index (χ2n) is 36.6. The van der Waals surface area contributed by atoms with Crippen LogP contribution in [0.2, 0.25) is 0 Å². The van der Waals surface area contributed by atoms with E-state index in [9.17, 15) is 0 Å². The van der Waals surface area contributed by atoms with E-state index >= 15 is 0 Å². The molecule has 0 unspecified atom stereocenters. The van der Waals surface area contributed by atoms with Gasteiger partial charge in [-0.25, -0.2) is 49.8 Å². The van der Waals surface area contributed by atoms with Gasteiger partial charge in [0.15, 0.2) is 0 Å². The number of likely N-dealkylation sites (N-methyl/N-ethyl adjacent to an activating group) is 3. The summed E-state index contributed by atoms with van der Waals surface area (Å²) < 4.78 is 35.5. The molecule has 0 spiro atoms. The normalized spacial score (nSPS) is 16.3. The molecule has 5 aliphatic heterocycles. The summed E-state index contributed by atoms with van der Waals surface area (Å²) >= 11 is 5.83. The first kappa shape index (κ1) is 103. The Bertz CT molecular complexity index is 7000. The number of benzene rings is 10. The average Bonchev–Trinajstić information content (AvgIpc) is 1.04. The van der Waals surface area contributed by atoms with Crippen LogP contribution in [0.15, 0.2) is 346 Å². The van der Waals surface area contributed by atoms with Crippen LogP contribution < -0.4 is 60.3 Å². The zero-order valence-electron chi connectivity index (χ0n) is 84.0. The standard InChI is InChI=1S/C25H27ClN4O2.C25H26N4O.2C24H26N4O.C22H22N4O/c1-30-13-3-2-4-14-31-22-7-5-6-19(17-22)23-10-12-27-25(29-23)28-21-8-9-24(32-15-11-26)20(16-21)18-30;1-2-14-29(22-10-11-22)18-19-6-4-8-21(16-19)27-25-26-13-12-24(28-25)20-7-5-9-23(17-20)30-15-3-1;1-18-16-25-24-26-21-10-6-8-19(14-21)17-28(2)12-4-3-5-13-29-22-11-7-9-20(15-22)23(18)27-24;1-18-14-23-20-9-7-11-22(16-20)29-13-5-3-4-12-28(2)17-19-8-6-10-21(15-19)26-24(25-18)27-23;1-2-11-23-16-17-6-4-8-19(14-17)25-22-24-12-10-21(26-22)18-7-5-9-20(15-18)27-13-3-1/h2-3,5-10,12,16-17H,4,11,13-15,18H2,1H3,(H,27,28,29);1-2,4-9,12-13,16-17,22H,3,10-11,14-15,18H2,(H,26,27,28);2*3-4,6-11,14-16H,5,12-13,17H2,1-2H3,(H,25,26,27);1-2,4-10,12,14-15,23H,3,11,13,16H2,(H,24,25,26)/b3-2+;2-1+;2*4-3+;2-1-. The number of fused-ring (bicyclic) bond motifs is 35. The minimum Gasteiger partial charge on any atom is -0.493 e. The number of anilines is 10. The molecule has 5 aromatic heterocycles. The molecular formula is C120H127ClN20O6. The summed E-state index contributed by atoms with van der Waals surface area (Å²) in [6.07, 6.45) is 36.1. The molecule has 0 amide bonds. The van der Waals surface area contributed by atoms with Gasteiger partial charge in [-0.05, 0) is 259 Å². The topological polar surface area (TPSA) is 269 Å². The van der Waals surface area contributed by atoms with E-state index in [2.05, 4.69) is 248 Å². The highest BCUT2D eigenvalue weighted by molar-refractivity contribution is 6.18. The summed E-state index contributed by atoms with van der Waals surface area (Å²) in [5.41, 5.74) is 22.3. The van der Waals surface area contributed by atoms with Crippen LogP contribution in [-0.4, -0.2) is 175 Å². The van der Waals surface area contributed by atoms with Crippen molar-refractivity contribution in [1.29, 1.82) is 0 Å². The Kier molecular flexibility index (Phi) is 37.5. The van der Waals surface area contributed by atoms with Crippen LogP contribution in [0.25, 0.3) is 56.3 Å². The van der Waals surface area contributed by atoms with Crippen molar-refractivity contribution in [2.75, 3.05) is 126 Å². The molecule has 6 aliphatic rings. The zero-order chi connectivity index (χ0) is 101. The van der Waals surface area contributed by atoms with Crippen LogP contribution in [0.5, 0.6) is 34.5 Å². The molecular weight excluding hydrogens is 1850 g/mol. The maximum Gasteiger partial charge on any atom is 0.227 e. The number of aromatic nitrogens is 10. The highest BCUT2D eigenvalue weighted by Gasteiger charge is 2.29. The molecule has 1 fully saturated rings. The number of nitrogens with one attached hydrogen (secondary N) is 6. The van der Waals surface area contributed by atoms with Crippen molar-refractivity contribution in [3.8, 4) is 90.8 Å². The Hall–Kier alpha value is -15.8. The van der Waals surface area contributed by atoms with Gasteiger partial charge in [-0.3, -0.25) is 19.6 Å². The molecule has 147 heavy (non-hydrogen) atoms. The van der Waals surface area contributed by atoms with Crippen molar-refractivity contribution >= 4 is 69.8 Å². The van der Waals surface area contributed by atoms with Crippen LogP contribution in [-0.2, 0) is 32.7 Å². The lowest BCUT2D eigenvalue weighted by Crippen LogP contribution is -2.25. The van der Waals surface area contributed by atoms with Crippen LogP contribution in [0.1, 0.15) is 84.0 Å². The van der Waals surface area contributed by atoms with E-state index in [1.807, 2.05) is 196 Å². The summed E-state index contributed by atoms with van der Waals surface area (Å²) in [4.78, 5) is 55.2. The number of hydrogen-bond donors (Lipinski definition) is 6. The van der Waals surface area contributed by atoms with Crippen molar-refractivity contribution in [3.05, 3.63) is 385 Å². The summed E-state index contributed by atoms with van der Waals surface area (Å²) in [6.45, 7) is 16.4. The van der Waals surface area contributed by atoms with Crippen molar-refractivity contribution in [3.63, 3.8) is 0 Å². The van der Waals surface area contributed by atoms with E-state index in [0.717, 1.165) is 234 Å². The lowest BCUT2D eigenvalue weighted by atomic mass is 10.1. The van der Waals surface area contributed by atoms with Gasteiger partial charge < -0.3 is 60.3 Å². The largest absolute Gasteiger partial charge is 0.493 e. The molecule has 26 nitrogen and oxygen atoms in total. The Morgan fingerprint density at radius 1 is 0.340 bits per heavy atom. The maximum atomic E-state index is 5.96. The summed E-state index contributed by atoms with van der Waals surface area (Å²) in [7, 11) is 6.34. The quantitative estimate of drug-likeness (QED) is 0.0706. The molecule has 10 aromatic carbocycles. The first-order valence-corrected chi connectivity index (χ1v) is 50.9. The molecule has 27 heteroatoms. The minimum atomic E-state index is 0.446. The number of nitrogens with zero attached hydrogens (tertiary/aromatic N) is 14. The fourth-order valence-electron chi connectivity index (χ4n) is 17.0. The third-order valence-corrected chi connectivity index (χ3v) is 24.5. The van der Waals surface area contributed by atoms with Gasteiger partial charge in [0.2, 0.25) is 29.7 Å². The fourth-order valence-corrected chi connectivity index (χ4v) is 17.1. The summed E-state index contributed by atoms with van der Waals surface area (Å²) in [5, 5.41) is 20.1. The predicted octanol–water partition coefficient (Wildman–Crippen LogP) is 24.7. The first-order chi connectivity index (χ1) is 72.2. The molecule has 1 aliphatic carbocycles. The highest BCUT2D eigenvalue weighted by atomic mass is 35.5. The van der Waals surface area contributed by atoms with Gasteiger partial charge in [0, 0.05) is 164 Å². The molecule has 10 heterocycles. The number of rotatable bonds is 4. The maximum absolute atomic E-state index is 5.96. The van der Waals surface area contributed by atoms with Gasteiger partial charge in [-0.2, -0.15) is 0 Å². The molecule has 0 saturated heterocycles. The summed E-state index contributed by atoms with van der Waals surface area (Å²) in [5.74, 6) is 8.43. The molecule has 21 rings (SSSR count). The van der Waals surface area contributed by atoms with E-state index < -0.39 is 0 Å². The molecule has 750 valence electrons. The fraction of sp³-hybridized carbons (Fsp3) is 0.250. The molecule has 15 aromatic rings. The SMILES string of the molecule is C1=C/CN(C2CC2)Cc2cccc(c2)Nc2nccc(n2)-c2cccc(c2)OCC/1.C1=C\CNCc2cccc(c2)Nc2nccc(n2)-c2cccc(c2)OCC/1.CN1C/C=C/CCOc2cccc(c2)-c2ccnc(n2)Nc2ccc(OCCCl)c(c2)C1.Cc1cc2nc(n1)Nc1cccc(c1)CN(C)C/C=C/CCOc1cccc-2c1.Cc1cnc2nc1-c1cccc(c1)OCC/C=C/CN(C)Cc1cccc(c1)N2. The van der Waals surface area contributed by atoms with Gasteiger partial charge in [-0.15, -0.1) is 11.6 Å². The van der Waals surface area contributed by atoms with Gasteiger partial charge in [0.05, 0.1) is 67.4 Å². The average molecular weight is 1980 g/mol. The van der Waals surface area contributed by atoms with Gasteiger partial charge in [-0.1, -0.05) is 170 Å². The number of hydrogen-bond acceptors (Lipinski definition) is 26. The van der Waals surface area contributed by atoms with Crippen LogP contribution >= 0.6 is 11.6 Å². The molecule has 30 bridgehead atoms. The van der Waals surface area contributed by atoms with E-state index in [4.69, 9.17) is 60.0 Å². The third kappa shape index (κ3) is 32.6. The van der Waals surface area contributed by atoms with E-state index in [-0.39, 0.29) is 0 Å². The number of alkyl halides is 1. The van der Waals surface area contributed by atoms with Crippen molar-refractivity contribution in [2.24, 2.45) is 0 Å². The second-order valence-corrected chi connectivity index (χ2v) is 37.0. The van der Waals surface area contributed by atoms with E-state index in [0.29, 0.717) is 81.3 Å². The van der Waals surface area contributed by atoms with E-state index in [1.54, 1.807) is 18.6 Å². The molecule has 0 atom stereocenters. The molecule has 1 saturated carbocycles. The van der Waals surface area contributed by atoms with Crippen LogP contribution in [0, 0.1) is 13.8 Å². The monoisotopic (exact) mass is 1980 g/mol. The smallest absolute Gasteiger partial charge is 0.227 e. The Morgan fingerprint density at radius 3 is 1.18 bits per heavy atom. The zero-order valence-corrected chi connectivity index (χ0v) is 84.8. The number of halogens is 1. The lowest BCUT2D eigenvalue weighted by molar-refractivity contribution is 0.283. The van der Waals surface area contributed by atoms with Crippen molar-refractivity contribution in [2.45, 2.75) is 97.6 Å². The first-order valence-electron chi connectivity index (χ1n) is 50.4. The Morgan fingerprint density at radius 2 is 0.721 bits per heavy atom. The van der Waals surface area contributed by atoms with Crippen molar-refractivity contribution < 1.29 is 28.4 Å². The number of aryl methyl sites for hydroxylation is 2. The van der Waals surface area contributed by atoms with Crippen LogP contribution in [0.3, 0.4) is 0 Å².